The van der Waals surface area contributed by atoms with Crippen molar-refractivity contribution < 1.29 is 4.74 Å². The molecule has 1 rings (SSSR count). The van der Waals surface area contributed by atoms with E-state index in [9.17, 15) is 0 Å². The Morgan fingerprint density at radius 3 is 2.58 bits per heavy atom. The molecule has 0 N–H and O–H groups in total. The Labute approximate surface area is 75.9 Å². The first-order chi connectivity index (χ1) is 5.93. The van der Waals surface area contributed by atoms with E-state index in [4.69, 9.17) is 4.74 Å². The van der Waals surface area contributed by atoms with E-state index in [1.165, 1.54) is 45.3 Å². The van der Waals surface area contributed by atoms with Crippen molar-refractivity contribution in [3.8, 4) is 0 Å². The normalized spacial score (nSPS) is 18.8. The van der Waals surface area contributed by atoms with Crippen LogP contribution in [0.5, 0.6) is 0 Å². The molecular formula is C10H21NO. The lowest BCUT2D eigenvalue weighted by Crippen LogP contribution is -2.20. The summed E-state index contributed by atoms with van der Waals surface area (Å²) in [5.74, 6) is 0. The second-order valence-corrected chi connectivity index (χ2v) is 3.45. The minimum absolute atomic E-state index is 0.865. The molecule has 0 radical (unpaired) electrons. The molecule has 0 amide bonds. The van der Waals surface area contributed by atoms with E-state index in [-0.39, 0.29) is 0 Å². The van der Waals surface area contributed by atoms with Crippen molar-refractivity contribution in [1.82, 2.24) is 4.90 Å². The summed E-state index contributed by atoms with van der Waals surface area (Å²) in [6.45, 7) is 7.81. The molecule has 0 bridgehead atoms. The molecule has 0 aromatic heterocycles. The molecule has 2 heteroatoms. The van der Waals surface area contributed by atoms with Crippen LogP contribution in [0.25, 0.3) is 0 Å². The van der Waals surface area contributed by atoms with Crippen LogP contribution in [0, 0.1) is 0 Å². The number of nitrogens with zero attached hydrogens (tertiary/aromatic N) is 1. The highest BCUT2D eigenvalue weighted by molar-refractivity contribution is 4.65. The van der Waals surface area contributed by atoms with Crippen LogP contribution in [0.2, 0.25) is 0 Å². The summed E-state index contributed by atoms with van der Waals surface area (Å²) in [5.41, 5.74) is 0. The standard InChI is InChI=1S/C10H21NO/c1-2-12-10-6-5-9-11-7-3-4-8-11/h2-10H2,1H3. The Morgan fingerprint density at radius 1 is 1.17 bits per heavy atom. The zero-order valence-corrected chi connectivity index (χ0v) is 8.22. The van der Waals surface area contributed by atoms with E-state index in [1.807, 2.05) is 0 Å². The molecule has 12 heavy (non-hydrogen) atoms. The second kappa shape index (κ2) is 6.44. The highest BCUT2D eigenvalue weighted by atomic mass is 16.5. The highest BCUT2D eigenvalue weighted by Gasteiger charge is 2.09. The van der Waals surface area contributed by atoms with Gasteiger partial charge >= 0.3 is 0 Å². The van der Waals surface area contributed by atoms with Gasteiger partial charge < -0.3 is 9.64 Å². The van der Waals surface area contributed by atoms with E-state index in [0.717, 1.165) is 13.2 Å². The third-order valence-corrected chi connectivity index (χ3v) is 2.42. The van der Waals surface area contributed by atoms with Gasteiger partial charge in [0.15, 0.2) is 0 Å². The molecule has 2 nitrogen and oxygen atoms in total. The van der Waals surface area contributed by atoms with Gasteiger partial charge in [0, 0.05) is 13.2 Å². The molecule has 72 valence electrons. The summed E-state index contributed by atoms with van der Waals surface area (Å²) in [7, 11) is 0. The summed E-state index contributed by atoms with van der Waals surface area (Å²) in [4.78, 5) is 2.56. The van der Waals surface area contributed by atoms with Crippen molar-refractivity contribution in [3.63, 3.8) is 0 Å². The van der Waals surface area contributed by atoms with Crippen LogP contribution in [0.4, 0.5) is 0 Å². The molecule has 0 atom stereocenters. The monoisotopic (exact) mass is 171 g/mol. The fourth-order valence-corrected chi connectivity index (χ4v) is 1.69. The van der Waals surface area contributed by atoms with Crippen LogP contribution in [0.1, 0.15) is 32.6 Å². The van der Waals surface area contributed by atoms with Gasteiger partial charge in [0.05, 0.1) is 0 Å². The number of hydrogen-bond acceptors (Lipinski definition) is 2. The Hall–Kier alpha value is -0.0800. The quantitative estimate of drug-likeness (QED) is 0.566. The predicted molar refractivity (Wildman–Crippen MR) is 51.4 cm³/mol. The first-order valence-electron chi connectivity index (χ1n) is 5.23. The minimum atomic E-state index is 0.865. The SMILES string of the molecule is CCOCCCCN1CCCC1. The van der Waals surface area contributed by atoms with Crippen LogP contribution in [-0.2, 0) is 4.74 Å². The molecule has 1 saturated heterocycles. The van der Waals surface area contributed by atoms with E-state index < -0.39 is 0 Å². The van der Waals surface area contributed by atoms with E-state index in [1.54, 1.807) is 0 Å². The van der Waals surface area contributed by atoms with Crippen molar-refractivity contribution in [2.24, 2.45) is 0 Å². The summed E-state index contributed by atoms with van der Waals surface area (Å²) in [6, 6.07) is 0. The van der Waals surface area contributed by atoms with Gasteiger partial charge in [-0.05, 0) is 52.2 Å². The van der Waals surface area contributed by atoms with Gasteiger partial charge in [-0.25, -0.2) is 0 Å². The number of likely N-dealkylation sites (tertiary alicyclic amines) is 1. The largest absolute Gasteiger partial charge is 0.382 e. The Morgan fingerprint density at radius 2 is 1.92 bits per heavy atom. The number of unbranched alkanes of at least 4 members (excludes halogenated alkanes) is 1. The molecule has 0 spiro atoms. The average Bonchev–Trinajstić information content (AvgIpc) is 2.57. The van der Waals surface area contributed by atoms with Crippen molar-refractivity contribution in [2.45, 2.75) is 32.6 Å². The van der Waals surface area contributed by atoms with Crippen LogP contribution in [-0.4, -0.2) is 37.7 Å². The molecule has 1 aliphatic heterocycles. The molecule has 1 heterocycles. The van der Waals surface area contributed by atoms with Crippen molar-refractivity contribution in [3.05, 3.63) is 0 Å². The fourth-order valence-electron chi connectivity index (χ4n) is 1.69. The molecule has 0 aliphatic carbocycles. The first-order valence-corrected chi connectivity index (χ1v) is 5.23. The van der Waals surface area contributed by atoms with Crippen molar-refractivity contribution in [2.75, 3.05) is 32.8 Å². The van der Waals surface area contributed by atoms with Gasteiger partial charge in [-0.3, -0.25) is 0 Å². The first kappa shape index (κ1) is 10.0. The predicted octanol–water partition coefficient (Wildman–Crippen LogP) is 1.90. The van der Waals surface area contributed by atoms with Crippen molar-refractivity contribution in [1.29, 1.82) is 0 Å². The van der Waals surface area contributed by atoms with Crippen LogP contribution >= 0.6 is 0 Å². The molecule has 1 fully saturated rings. The Bertz CT molecular complexity index is 100. The zero-order chi connectivity index (χ0) is 8.65. The third kappa shape index (κ3) is 4.07. The van der Waals surface area contributed by atoms with Gasteiger partial charge in [0.2, 0.25) is 0 Å². The summed E-state index contributed by atoms with van der Waals surface area (Å²) >= 11 is 0. The maximum absolute atomic E-state index is 5.28. The molecule has 0 aromatic carbocycles. The van der Waals surface area contributed by atoms with Crippen LogP contribution < -0.4 is 0 Å². The molecule has 0 aromatic rings. The van der Waals surface area contributed by atoms with E-state index >= 15 is 0 Å². The zero-order valence-electron chi connectivity index (χ0n) is 8.22. The summed E-state index contributed by atoms with van der Waals surface area (Å²) < 4.78 is 5.28. The van der Waals surface area contributed by atoms with Crippen LogP contribution in [0.3, 0.4) is 0 Å². The molecule has 0 saturated carbocycles. The maximum Gasteiger partial charge on any atom is 0.0466 e. The lowest BCUT2D eigenvalue weighted by molar-refractivity contribution is 0.140. The average molecular weight is 171 g/mol. The van der Waals surface area contributed by atoms with E-state index in [2.05, 4.69) is 11.8 Å². The number of hydrogen-bond donors (Lipinski definition) is 0. The summed E-state index contributed by atoms with van der Waals surface area (Å²) in [6.07, 6.45) is 5.35. The number of ether oxygens (including phenoxy) is 1. The molecule has 0 unspecified atom stereocenters. The smallest absolute Gasteiger partial charge is 0.0466 e. The number of rotatable bonds is 6. The lowest BCUT2D eigenvalue weighted by atomic mass is 10.3. The van der Waals surface area contributed by atoms with Gasteiger partial charge in [-0.2, -0.15) is 0 Å². The topological polar surface area (TPSA) is 12.5 Å². The molecule has 1 aliphatic rings. The molecular weight excluding hydrogens is 150 g/mol. The minimum Gasteiger partial charge on any atom is -0.382 e. The van der Waals surface area contributed by atoms with Gasteiger partial charge in [0.25, 0.3) is 0 Å². The van der Waals surface area contributed by atoms with Crippen molar-refractivity contribution >= 4 is 0 Å². The van der Waals surface area contributed by atoms with Crippen LogP contribution in [0.15, 0.2) is 0 Å². The summed E-state index contributed by atoms with van der Waals surface area (Å²) in [5, 5.41) is 0. The third-order valence-electron chi connectivity index (χ3n) is 2.42. The van der Waals surface area contributed by atoms with Gasteiger partial charge in [0.1, 0.15) is 0 Å². The maximum atomic E-state index is 5.28. The fraction of sp³-hybridized carbons (Fsp3) is 1.00. The van der Waals surface area contributed by atoms with E-state index in [0.29, 0.717) is 0 Å². The Balaban J connectivity index is 1.81. The Kier molecular flexibility index (Phi) is 5.37. The lowest BCUT2D eigenvalue weighted by Gasteiger charge is -2.13. The highest BCUT2D eigenvalue weighted by Crippen LogP contribution is 2.07. The van der Waals surface area contributed by atoms with Gasteiger partial charge in [-0.15, -0.1) is 0 Å². The second-order valence-electron chi connectivity index (χ2n) is 3.45. The van der Waals surface area contributed by atoms with Gasteiger partial charge in [-0.1, -0.05) is 0 Å².